The van der Waals surface area contributed by atoms with Crippen LogP contribution >= 0.6 is 24.2 Å². The monoisotopic (exact) mass is 285 g/mol. The van der Waals surface area contributed by atoms with E-state index in [0.717, 1.165) is 0 Å². The Morgan fingerprint density at radius 3 is 2.83 bits per heavy atom. The smallest absolute Gasteiger partial charge is 0.337 e. The molecule has 1 aromatic rings. The number of rotatable bonds is 3. The summed E-state index contributed by atoms with van der Waals surface area (Å²) in [7, 11) is 0. The number of nitrogens with zero attached hydrogens (tertiary/aromatic N) is 1. The maximum atomic E-state index is 11.8. The second-order valence-corrected chi connectivity index (χ2v) is 5.00. The van der Waals surface area contributed by atoms with Gasteiger partial charge in [0.1, 0.15) is 0 Å². The van der Waals surface area contributed by atoms with Gasteiger partial charge in [-0.05, 0) is 29.9 Å². The van der Waals surface area contributed by atoms with Crippen LogP contribution in [0.5, 0.6) is 0 Å². The molecule has 4 nitrogen and oxygen atoms in total. The highest BCUT2D eigenvalue weighted by molar-refractivity contribution is 7.80. The molecule has 1 N–H and O–H groups in total. The number of amides is 1. The van der Waals surface area contributed by atoms with Crippen LogP contribution in [0.1, 0.15) is 16.8 Å². The fraction of sp³-hybridized carbons (Fsp3) is 0.333. The lowest BCUT2D eigenvalue weighted by atomic mass is 10.1. The first kappa shape index (κ1) is 13.2. The van der Waals surface area contributed by atoms with Crippen molar-refractivity contribution in [3.05, 3.63) is 28.8 Å². The number of hydrogen-bond acceptors (Lipinski definition) is 3. The highest BCUT2D eigenvalue weighted by atomic mass is 35.5. The summed E-state index contributed by atoms with van der Waals surface area (Å²) in [5, 5.41) is 9.17. The van der Waals surface area contributed by atoms with Gasteiger partial charge in [0.05, 0.1) is 10.6 Å². The normalized spacial score (nSPS) is 19.3. The molecule has 0 bridgehead atoms. The predicted octanol–water partition coefficient (Wildman–Crippen LogP) is 2.32. The van der Waals surface area contributed by atoms with Crippen molar-refractivity contribution in [2.75, 3.05) is 17.2 Å². The lowest BCUT2D eigenvalue weighted by Gasteiger charge is -2.17. The van der Waals surface area contributed by atoms with Crippen LogP contribution in [0.15, 0.2) is 18.2 Å². The average molecular weight is 286 g/mol. The molecular weight excluding hydrogens is 274 g/mol. The molecule has 2 rings (SSSR count). The van der Waals surface area contributed by atoms with Crippen LogP contribution in [0.4, 0.5) is 5.69 Å². The second-order valence-electron chi connectivity index (χ2n) is 4.23. The van der Waals surface area contributed by atoms with Crippen LogP contribution in [-0.4, -0.2) is 29.3 Å². The summed E-state index contributed by atoms with van der Waals surface area (Å²) < 4.78 is 0. The molecule has 1 atom stereocenters. The van der Waals surface area contributed by atoms with Crippen molar-refractivity contribution in [2.45, 2.75) is 6.42 Å². The van der Waals surface area contributed by atoms with Gasteiger partial charge in [-0.2, -0.15) is 12.6 Å². The van der Waals surface area contributed by atoms with E-state index in [4.69, 9.17) is 16.7 Å². The molecule has 1 amide bonds. The van der Waals surface area contributed by atoms with Gasteiger partial charge in [0, 0.05) is 18.7 Å². The third kappa shape index (κ3) is 2.47. The van der Waals surface area contributed by atoms with Crippen molar-refractivity contribution < 1.29 is 14.7 Å². The first-order valence-corrected chi connectivity index (χ1v) is 6.48. The molecule has 6 heteroatoms. The summed E-state index contributed by atoms with van der Waals surface area (Å²) in [6.45, 7) is 0.572. The maximum absolute atomic E-state index is 11.8. The number of carbonyl (C=O) groups is 2. The van der Waals surface area contributed by atoms with Gasteiger partial charge >= 0.3 is 5.97 Å². The minimum Gasteiger partial charge on any atom is -0.478 e. The Balaban J connectivity index is 2.32. The van der Waals surface area contributed by atoms with Gasteiger partial charge in [0.2, 0.25) is 5.91 Å². The molecule has 0 aromatic heterocycles. The standard InChI is InChI=1S/C12H12ClNO3S/c13-10-2-1-8(4-9(10)12(16)17)14-5-7(6-18)3-11(14)15/h1-2,4,7,18H,3,5-6H2,(H,16,17). The molecule has 1 fully saturated rings. The van der Waals surface area contributed by atoms with Gasteiger partial charge in [-0.25, -0.2) is 4.79 Å². The summed E-state index contributed by atoms with van der Waals surface area (Å²) in [4.78, 5) is 24.4. The Kier molecular flexibility index (Phi) is 3.82. The third-order valence-corrected chi connectivity index (χ3v) is 3.80. The van der Waals surface area contributed by atoms with Crippen molar-refractivity contribution in [1.82, 2.24) is 0 Å². The van der Waals surface area contributed by atoms with Crippen LogP contribution in [0.3, 0.4) is 0 Å². The predicted molar refractivity (Wildman–Crippen MR) is 72.7 cm³/mol. The van der Waals surface area contributed by atoms with Gasteiger partial charge in [-0.15, -0.1) is 0 Å². The highest BCUT2D eigenvalue weighted by Crippen LogP contribution is 2.29. The average Bonchev–Trinajstić information content (AvgIpc) is 2.71. The molecular formula is C12H12ClNO3S. The van der Waals surface area contributed by atoms with E-state index in [1.165, 1.54) is 12.1 Å². The molecule has 0 saturated carbocycles. The summed E-state index contributed by atoms with van der Waals surface area (Å²) in [5.74, 6) is -0.251. The molecule has 1 saturated heterocycles. The van der Waals surface area contributed by atoms with Gasteiger partial charge in [-0.1, -0.05) is 11.6 Å². The number of anilines is 1. The van der Waals surface area contributed by atoms with E-state index >= 15 is 0 Å². The zero-order valence-electron chi connectivity index (χ0n) is 9.47. The number of hydrogen-bond donors (Lipinski definition) is 2. The van der Waals surface area contributed by atoms with Crippen LogP contribution in [0.25, 0.3) is 0 Å². The van der Waals surface area contributed by atoms with E-state index in [9.17, 15) is 9.59 Å². The van der Waals surface area contributed by atoms with Gasteiger partial charge in [0.15, 0.2) is 0 Å². The number of carboxylic acid groups (broad SMARTS) is 1. The Morgan fingerprint density at radius 1 is 1.56 bits per heavy atom. The Hall–Kier alpha value is -1.20. The summed E-state index contributed by atoms with van der Waals surface area (Å²) in [6, 6.07) is 4.60. The Bertz CT molecular complexity index is 506. The van der Waals surface area contributed by atoms with Gasteiger partial charge in [0.25, 0.3) is 0 Å². The fourth-order valence-electron chi connectivity index (χ4n) is 2.00. The minimum absolute atomic E-state index is 0.00675. The SMILES string of the molecule is O=C(O)c1cc(N2CC(CS)CC2=O)ccc1Cl. The molecule has 1 aliphatic rings. The van der Waals surface area contributed by atoms with E-state index in [1.807, 2.05) is 0 Å². The van der Waals surface area contributed by atoms with Gasteiger partial charge in [-0.3, -0.25) is 4.79 Å². The summed E-state index contributed by atoms with van der Waals surface area (Å²) >= 11 is 9.98. The number of carbonyl (C=O) groups excluding carboxylic acids is 1. The molecule has 1 aliphatic heterocycles. The van der Waals surface area contributed by atoms with Crippen LogP contribution in [-0.2, 0) is 4.79 Å². The molecule has 0 aliphatic carbocycles. The topological polar surface area (TPSA) is 57.6 Å². The van der Waals surface area contributed by atoms with E-state index in [2.05, 4.69) is 12.6 Å². The first-order valence-electron chi connectivity index (χ1n) is 5.47. The molecule has 1 aromatic carbocycles. The van der Waals surface area contributed by atoms with E-state index in [1.54, 1.807) is 11.0 Å². The largest absolute Gasteiger partial charge is 0.478 e. The van der Waals surface area contributed by atoms with Crippen LogP contribution in [0.2, 0.25) is 5.02 Å². The summed E-state index contributed by atoms with van der Waals surface area (Å²) in [5.41, 5.74) is 0.586. The first-order chi connectivity index (χ1) is 8.52. The lowest BCUT2D eigenvalue weighted by molar-refractivity contribution is -0.117. The molecule has 1 heterocycles. The fourth-order valence-corrected chi connectivity index (χ4v) is 2.44. The molecule has 1 unspecified atom stereocenters. The number of aromatic carboxylic acids is 1. The second kappa shape index (κ2) is 5.20. The van der Waals surface area contributed by atoms with E-state index in [-0.39, 0.29) is 22.4 Å². The van der Waals surface area contributed by atoms with Crippen molar-refractivity contribution in [3.63, 3.8) is 0 Å². The number of thiol groups is 1. The minimum atomic E-state index is -1.10. The van der Waals surface area contributed by atoms with Crippen molar-refractivity contribution in [1.29, 1.82) is 0 Å². The molecule has 0 spiro atoms. The number of halogens is 1. The molecule has 0 radical (unpaired) electrons. The zero-order valence-corrected chi connectivity index (χ0v) is 11.1. The van der Waals surface area contributed by atoms with Crippen LogP contribution < -0.4 is 4.90 Å². The third-order valence-electron chi connectivity index (χ3n) is 2.96. The Morgan fingerprint density at radius 2 is 2.28 bits per heavy atom. The van der Waals surface area contributed by atoms with Crippen LogP contribution in [0, 0.1) is 5.92 Å². The number of benzene rings is 1. The van der Waals surface area contributed by atoms with Crippen molar-refractivity contribution in [3.8, 4) is 0 Å². The summed E-state index contributed by atoms with van der Waals surface area (Å²) in [6.07, 6.45) is 0.453. The maximum Gasteiger partial charge on any atom is 0.337 e. The van der Waals surface area contributed by atoms with Gasteiger partial charge < -0.3 is 10.0 Å². The van der Waals surface area contributed by atoms with Crippen molar-refractivity contribution >= 4 is 41.8 Å². The quantitative estimate of drug-likeness (QED) is 0.838. The highest BCUT2D eigenvalue weighted by Gasteiger charge is 2.30. The van der Waals surface area contributed by atoms with E-state index < -0.39 is 5.97 Å². The zero-order chi connectivity index (χ0) is 13.3. The Labute approximate surface area is 115 Å². The lowest BCUT2D eigenvalue weighted by Crippen LogP contribution is -2.24. The number of carboxylic acids is 1. The van der Waals surface area contributed by atoms with Crippen molar-refractivity contribution in [2.24, 2.45) is 5.92 Å². The van der Waals surface area contributed by atoms with E-state index in [0.29, 0.717) is 24.4 Å². The molecule has 18 heavy (non-hydrogen) atoms. The molecule has 96 valence electrons.